The molecule has 10 nitrogen and oxygen atoms in total. The molecule has 1 unspecified atom stereocenters. The Morgan fingerprint density at radius 3 is 2.66 bits per heavy atom. The van der Waals surface area contributed by atoms with Gasteiger partial charge >= 0.3 is 0 Å². The van der Waals surface area contributed by atoms with Crippen molar-refractivity contribution in [3.8, 4) is 28.8 Å². The van der Waals surface area contributed by atoms with Crippen molar-refractivity contribution in [2.45, 2.75) is 13.0 Å². The lowest BCUT2D eigenvalue weighted by molar-refractivity contribution is 0.205. The normalized spacial score (nSPS) is 12.0. The average Bonchev–Trinajstić information content (AvgIpc) is 3.46. The van der Waals surface area contributed by atoms with Gasteiger partial charge in [0.1, 0.15) is 11.4 Å². The summed E-state index contributed by atoms with van der Waals surface area (Å²) in [5.74, 6) is 0.580. The fraction of sp³-hybridized carbons (Fsp3) is 0.0909. The quantitative estimate of drug-likeness (QED) is 0.443. The molecule has 0 radical (unpaired) electrons. The molecule has 156 valence electrons. The van der Waals surface area contributed by atoms with Gasteiger partial charge in [0.05, 0.1) is 23.0 Å². The maximum absolute atomic E-state index is 10.8. The summed E-state index contributed by atoms with van der Waals surface area (Å²) in [6.45, 7) is 1.78. The van der Waals surface area contributed by atoms with Crippen molar-refractivity contribution >= 4 is 11.5 Å². The van der Waals surface area contributed by atoms with Crippen LogP contribution < -0.4 is 5.73 Å². The zero-order valence-corrected chi connectivity index (χ0v) is 16.8. The Morgan fingerprint density at radius 1 is 1.12 bits per heavy atom. The van der Waals surface area contributed by atoms with E-state index in [9.17, 15) is 10.4 Å². The van der Waals surface area contributed by atoms with Crippen LogP contribution in [0.3, 0.4) is 0 Å². The lowest BCUT2D eigenvalue weighted by atomic mass is 10.0. The molecule has 0 bridgehead atoms. The first-order valence-corrected chi connectivity index (χ1v) is 9.63. The number of aryl methyl sites for hydroxylation is 1. The molecule has 5 aromatic rings. The number of oxazole rings is 1. The Balaban J connectivity index is 1.82. The highest BCUT2D eigenvalue weighted by atomic mass is 16.3. The molecule has 0 fully saturated rings. The van der Waals surface area contributed by atoms with Gasteiger partial charge in [-0.15, -0.1) is 5.10 Å². The molecule has 4 aromatic heterocycles. The molecule has 0 amide bonds. The number of nitrogen functional groups attached to an aromatic ring is 1. The van der Waals surface area contributed by atoms with E-state index in [1.165, 1.54) is 10.9 Å². The van der Waals surface area contributed by atoms with Gasteiger partial charge in [0.15, 0.2) is 35.5 Å². The van der Waals surface area contributed by atoms with Crippen LogP contribution in [0.15, 0.2) is 59.5 Å². The largest absolute Gasteiger partial charge is 0.441 e. The molecule has 0 aliphatic heterocycles. The van der Waals surface area contributed by atoms with Gasteiger partial charge in [-0.3, -0.25) is 4.98 Å². The van der Waals surface area contributed by atoms with Crippen molar-refractivity contribution in [1.29, 1.82) is 5.26 Å². The van der Waals surface area contributed by atoms with Crippen molar-refractivity contribution in [2.75, 3.05) is 5.73 Å². The predicted molar refractivity (Wildman–Crippen MR) is 114 cm³/mol. The molecule has 0 spiro atoms. The van der Waals surface area contributed by atoms with Gasteiger partial charge in [0, 0.05) is 11.8 Å². The van der Waals surface area contributed by atoms with E-state index in [1.54, 1.807) is 55.6 Å². The molecule has 5 rings (SSSR count). The molecule has 0 saturated heterocycles. The third-order valence-corrected chi connectivity index (χ3v) is 5.00. The van der Waals surface area contributed by atoms with E-state index < -0.39 is 6.10 Å². The Hall–Kier alpha value is -4.62. The number of nitrogens with zero attached hydrogens (tertiary/aromatic N) is 7. The number of benzene rings is 1. The van der Waals surface area contributed by atoms with Crippen molar-refractivity contribution in [3.63, 3.8) is 0 Å². The van der Waals surface area contributed by atoms with Gasteiger partial charge in [-0.2, -0.15) is 5.26 Å². The van der Waals surface area contributed by atoms with Gasteiger partial charge in [0.25, 0.3) is 0 Å². The number of aliphatic hydroxyl groups excluding tert-OH is 1. The molecule has 0 aliphatic rings. The summed E-state index contributed by atoms with van der Waals surface area (Å²) in [5, 5.41) is 24.9. The van der Waals surface area contributed by atoms with Crippen molar-refractivity contribution in [3.05, 3.63) is 77.8 Å². The zero-order chi connectivity index (χ0) is 22.2. The number of nitrogens with two attached hydrogens (primary N) is 1. The van der Waals surface area contributed by atoms with Crippen LogP contribution in [0.2, 0.25) is 0 Å². The molecule has 4 heterocycles. The number of aromatic nitrogens is 6. The van der Waals surface area contributed by atoms with E-state index in [-0.39, 0.29) is 17.3 Å². The summed E-state index contributed by atoms with van der Waals surface area (Å²) in [6.07, 6.45) is 1.71. The van der Waals surface area contributed by atoms with Gasteiger partial charge in [0.2, 0.25) is 0 Å². The summed E-state index contributed by atoms with van der Waals surface area (Å²) in [6, 6.07) is 14.4. The van der Waals surface area contributed by atoms with Gasteiger partial charge in [-0.1, -0.05) is 24.3 Å². The fourth-order valence-corrected chi connectivity index (χ4v) is 3.47. The Labute approximate surface area is 181 Å². The molecule has 3 N–H and O–H groups in total. The maximum atomic E-state index is 10.8. The fourth-order valence-electron chi connectivity index (χ4n) is 3.47. The number of hydrogen-bond donors (Lipinski definition) is 2. The van der Waals surface area contributed by atoms with Crippen LogP contribution in [0.1, 0.15) is 28.9 Å². The molecular weight excluding hydrogens is 408 g/mol. The van der Waals surface area contributed by atoms with Gasteiger partial charge in [-0.25, -0.2) is 19.5 Å². The first-order chi connectivity index (χ1) is 15.6. The predicted octanol–water partition coefficient (Wildman–Crippen LogP) is 2.69. The SMILES string of the molecule is Cc1ncoc1-c1c(-c2ccccc2C#N)nc(N)c2nc(C(O)c3ccccn3)nn12. The van der Waals surface area contributed by atoms with Gasteiger partial charge < -0.3 is 15.3 Å². The van der Waals surface area contributed by atoms with Crippen LogP contribution in [0, 0.1) is 18.3 Å². The third-order valence-electron chi connectivity index (χ3n) is 5.00. The number of rotatable bonds is 4. The van der Waals surface area contributed by atoms with E-state index in [0.717, 1.165) is 0 Å². The van der Waals surface area contributed by atoms with Crippen LogP contribution in [-0.4, -0.2) is 34.7 Å². The van der Waals surface area contributed by atoms with E-state index in [4.69, 9.17) is 10.2 Å². The Kier molecular flexibility index (Phi) is 4.58. The molecule has 1 aromatic carbocycles. The molecule has 1 atom stereocenters. The number of fused-ring (bicyclic) bond motifs is 1. The molecule has 10 heteroatoms. The van der Waals surface area contributed by atoms with E-state index >= 15 is 0 Å². The van der Waals surface area contributed by atoms with E-state index in [0.29, 0.717) is 39.7 Å². The standard InChI is InChI=1S/C22H16N8O2/c1-12-19(32-11-26-12)17-16(14-7-3-2-6-13(14)10-23)27-20(24)22-28-21(29-30(17)22)18(31)15-8-4-5-9-25-15/h2-9,11,18,31H,1H3,(H2,24,27). The third kappa shape index (κ3) is 3.05. The van der Waals surface area contributed by atoms with Crippen LogP contribution >= 0.6 is 0 Å². The highest BCUT2D eigenvalue weighted by Gasteiger charge is 2.26. The smallest absolute Gasteiger partial charge is 0.199 e. The van der Waals surface area contributed by atoms with E-state index in [2.05, 4.69) is 31.1 Å². The monoisotopic (exact) mass is 424 g/mol. The number of anilines is 1. The zero-order valence-electron chi connectivity index (χ0n) is 16.8. The van der Waals surface area contributed by atoms with Crippen molar-refractivity contribution in [1.82, 2.24) is 29.5 Å². The topological polar surface area (TPSA) is 152 Å². The van der Waals surface area contributed by atoms with Crippen LogP contribution in [0.5, 0.6) is 0 Å². The highest BCUT2D eigenvalue weighted by Crippen LogP contribution is 2.36. The first kappa shape index (κ1) is 19.3. The average molecular weight is 424 g/mol. The summed E-state index contributed by atoms with van der Waals surface area (Å²) < 4.78 is 7.11. The minimum atomic E-state index is -1.17. The number of aliphatic hydroxyl groups is 1. The first-order valence-electron chi connectivity index (χ1n) is 9.63. The Morgan fingerprint density at radius 2 is 1.94 bits per heavy atom. The molecular formula is C22H16N8O2. The lowest BCUT2D eigenvalue weighted by Crippen LogP contribution is -2.06. The van der Waals surface area contributed by atoms with Crippen molar-refractivity contribution < 1.29 is 9.52 Å². The highest BCUT2D eigenvalue weighted by molar-refractivity contribution is 5.83. The van der Waals surface area contributed by atoms with Crippen LogP contribution in [0.25, 0.3) is 28.4 Å². The maximum Gasteiger partial charge on any atom is 0.199 e. The summed E-state index contributed by atoms with van der Waals surface area (Å²) >= 11 is 0. The summed E-state index contributed by atoms with van der Waals surface area (Å²) in [5.41, 5.74) is 9.22. The number of pyridine rings is 1. The minimum Gasteiger partial charge on any atom is -0.441 e. The molecule has 32 heavy (non-hydrogen) atoms. The summed E-state index contributed by atoms with van der Waals surface area (Å²) in [4.78, 5) is 17.3. The Bertz CT molecular complexity index is 1480. The second-order valence-corrected chi connectivity index (χ2v) is 6.98. The van der Waals surface area contributed by atoms with Crippen molar-refractivity contribution in [2.24, 2.45) is 0 Å². The molecule has 0 saturated carbocycles. The number of nitriles is 1. The van der Waals surface area contributed by atoms with Gasteiger partial charge in [-0.05, 0) is 25.1 Å². The lowest BCUT2D eigenvalue weighted by Gasteiger charge is -2.11. The molecule has 0 aliphatic carbocycles. The van der Waals surface area contributed by atoms with Crippen LogP contribution in [0.4, 0.5) is 5.82 Å². The second kappa shape index (κ2) is 7.57. The van der Waals surface area contributed by atoms with E-state index in [1.807, 2.05) is 0 Å². The number of hydrogen-bond acceptors (Lipinski definition) is 9. The minimum absolute atomic E-state index is 0.0839. The summed E-state index contributed by atoms with van der Waals surface area (Å²) in [7, 11) is 0. The second-order valence-electron chi connectivity index (χ2n) is 6.98. The van der Waals surface area contributed by atoms with Crippen LogP contribution in [-0.2, 0) is 0 Å².